The molecule has 4 aromatic carbocycles. The Labute approximate surface area is 322 Å². The minimum Gasteiger partial charge on any atom is -0.506 e. The van der Waals surface area contributed by atoms with Gasteiger partial charge in [-0.3, -0.25) is 4.79 Å². The number of rotatable bonds is 18. The third-order valence-electron chi connectivity index (χ3n) is 11.9. The van der Waals surface area contributed by atoms with E-state index in [1.165, 1.54) is 12.1 Å². The molecule has 10 nitrogen and oxygen atoms in total. The number of amides is 1. The molecule has 55 heavy (non-hydrogen) atoms. The second kappa shape index (κ2) is 17.7. The maximum atomic E-state index is 12.8. The highest BCUT2D eigenvalue weighted by Gasteiger charge is 2.51. The molecule has 6 N–H and O–H groups in total. The highest BCUT2D eigenvalue weighted by Crippen LogP contribution is 2.49. The molecule has 4 heterocycles. The number of H-pyrrole nitrogens is 1. The minimum atomic E-state index is -1.02. The third-order valence-corrected chi connectivity index (χ3v) is 11.9. The number of nitrogens with one attached hydrogen (secondary N) is 3. The van der Waals surface area contributed by atoms with Gasteiger partial charge in [-0.25, -0.2) is 4.79 Å². The van der Waals surface area contributed by atoms with Crippen LogP contribution in [0.25, 0.3) is 21.7 Å². The van der Waals surface area contributed by atoms with Crippen molar-refractivity contribution in [3.05, 3.63) is 118 Å². The molecule has 5 aromatic rings. The summed E-state index contributed by atoms with van der Waals surface area (Å²) in [5.41, 5.74) is 1.71. The van der Waals surface area contributed by atoms with Crippen LogP contribution in [0.1, 0.15) is 80.6 Å². The Balaban J connectivity index is 0.890. The van der Waals surface area contributed by atoms with Crippen molar-refractivity contribution < 1.29 is 24.9 Å². The third kappa shape index (κ3) is 8.67. The molecule has 0 saturated carbocycles. The first-order valence-electron chi connectivity index (χ1n) is 20.0. The van der Waals surface area contributed by atoms with Crippen LogP contribution in [0.2, 0.25) is 0 Å². The van der Waals surface area contributed by atoms with E-state index in [4.69, 9.17) is 4.74 Å². The van der Waals surface area contributed by atoms with Gasteiger partial charge in [-0.2, -0.15) is 0 Å². The fourth-order valence-corrected chi connectivity index (χ4v) is 9.15. The van der Waals surface area contributed by atoms with Gasteiger partial charge in [0, 0.05) is 30.5 Å². The molecule has 3 unspecified atom stereocenters. The number of aromatic amines is 1. The summed E-state index contributed by atoms with van der Waals surface area (Å²) in [6, 6.07) is 28.9. The van der Waals surface area contributed by atoms with Gasteiger partial charge in [-0.15, -0.1) is 0 Å². The molecular weight excluding hydrogens is 693 g/mol. The van der Waals surface area contributed by atoms with E-state index >= 15 is 0 Å². The largest absolute Gasteiger partial charge is 0.506 e. The molecule has 8 rings (SSSR count). The molecule has 0 aliphatic carbocycles. The fourth-order valence-electron chi connectivity index (χ4n) is 9.15. The first-order chi connectivity index (χ1) is 26.8. The number of fused-ring (bicyclic) bond motifs is 5. The zero-order valence-electron chi connectivity index (χ0n) is 31.5. The van der Waals surface area contributed by atoms with Gasteiger partial charge in [0.1, 0.15) is 11.5 Å². The zero-order chi connectivity index (χ0) is 38.2. The number of pyridine rings is 1. The molecule has 3 atom stereocenters. The Bertz CT molecular complexity index is 2120. The predicted octanol–water partition coefficient (Wildman–Crippen LogP) is 7.67. The lowest BCUT2D eigenvalue weighted by Gasteiger charge is -2.53. The van der Waals surface area contributed by atoms with Crippen LogP contribution in [0.15, 0.2) is 95.8 Å². The number of aromatic nitrogens is 1. The molecule has 3 fully saturated rings. The van der Waals surface area contributed by atoms with Gasteiger partial charge < -0.3 is 40.6 Å². The van der Waals surface area contributed by atoms with Crippen LogP contribution < -0.4 is 20.9 Å². The average molecular weight is 747 g/mol. The minimum absolute atomic E-state index is 0.0135. The number of benzene rings is 4. The summed E-state index contributed by atoms with van der Waals surface area (Å²) in [6.07, 6.45) is 7.97. The Morgan fingerprint density at radius 1 is 0.873 bits per heavy atom. The molecule has 1 amide bonds. The summed E-state index contributed by atoms with van der Waals surface area (Å²) in [7, 11) is 0. The molecule has 3 aliphatic rings. The van der Waals surface area contributed by atoms with Crippen LogP contribution in [0.3, 0.4) is 0 Å². The molecule has 290 valence electrons. The summed E-state index contributed by atoms with van der Waals surface area (Å²) in [4.78, 5) is 29.6. The standard InChI is InChI=1S/C45H54N4O6/c50-40-20-18-36(37-19-21-42(52)47-43(37)40)41(51)29-46-24-8-4-2-1-3-5-9-27-55-34-15-11-14-33(28-34)45(48-44(53)54,39-30-49-25-22-32(39)23-26-49)38-17-10-13-31-12-6-7-16-35(31)38/h6-7,10-21,28,32,39,41,46,48,50-51H,1-5,8-9,22-27,29-30H2,(H,47,52)(H,53,54). The first-order valence-corrected chi connectivity index (χ1v) is 20.0. The van der Waals surface area contributed by atoms with E-state index in [1.807, 2.05) is 24.3 Å². The van der Waals surface area contributed by atoms with Crippen molar-refractivity contribution in [1.82, 2.24) is 20.5 Å². The maximum absolute atomic E-state index is 12.8. The molecule has 1 aromatic heterocycles. The highest BCUT2D eigenvalue weighted by atomic mass is 16.5. The predicted molar refractivity (Wildman–Crippen MR) is 217 cm³/mol. The number of nitrogens with zero attached hydrogens (tertiary/aromatic N) is 1. The number of carboxylic acid groups (broad SMARTS) is 1. The number of hydrogen-bond donors (Lipinski definition) is 6. The van der Waals surface area contributed by atoms with E-state index in [2.05, 4.69) is 63.0 Å². The molecule has 0 radical (unpaired) electrons. The van der Waals surface area contributed by atoms with Gasteiger partial charge >= 0.3 is 6.09 Å². The lowest BCUT2D eigenvalue weighted by atomic mass is 9.62. The number of phenols is 1. The SMILES string of the molecule is O=C(O)NC(c1cccc(OCCCCCCCCCNCC(O)c2ccc(O)c3[nH]c(=O)ccc23)c1)(c1cccc2ccccc12)C1CN2CCC1CC2. The number of hydrogen-bond acceptors (Lipinski definition) is 7. The average Bonchev–Trinajstić information content (AvgIpc) is 3.21. The number of piperidine rings is 3. The molecule has 3 aliphatic heterocycles. The Kier molecular flexibility index (Phi) is 12.4. The van der Waals surface area contributed by atoms with E-state index in [0.29, 0.717) is 35.5 Å². The molecule has 0 spiro atoms. The summed E-state index contributed by atoms with van der Waals surface area (Å²) < 4.78 is 6.34. The number of aliphatic hydroxyl groups is 1. The van der Waals surface area contributed by atoms with Crippen LogP contribution >= 0.6 is 0 Å². The molecule has 2 bridgehead atoms. The normalized spacial score (nSPS) is 19.6. The van der Waals surface area contributed by atoms with Crippen LogP contribution in [-0.4, -0.2) is 70.6 Å². The molecule has 10 heteroatoms. The topological polar surface area (TPSA) is 147 Å². The smallest absolute Gasteiger partial charge is 0.405 e. The van der Waals surface area contributed by atoms with Crippen LogP contribution in [0, 0.1) is 11.8 Å². The van der Waals surface area contributed by atoms with E-state index in [9.17, 15) is 24.9 Å². The van der Waals surface area contributed by atoms with Gasteiger partial charge in [-0.05, 0) is 103 Å². The van der Waals surface area contributed by atoms with Crippen molar-refractivity contribution in [3.8, 4) is 11.5 Å². The summed E-state index contributed by atoms with van der Waals surface area (Å²) in [5.74, 6) is 1.24. The molecular formula is C45H54N4O6. The van der Waals surface area contributed by atoms with E-state index in [-0.39, 0.29) is 17.2 Å². The van der Waals surface area contributed by atoms with Crippen molar-refractivity contribution in [2.75, 3.05) is 39.3 Å². The Hall–Kier alpha value is -4.90. The summed E-state index contributed by atoms with van der Waals surface area (Å²) in [6.45, 7) is 4.79. The van der Waals surface area contributed by atoms with Gasteiger partial charge in [-0.1, -0.05) is 92.8 Å². The van der Waals surface area contributed by atoms with Crippen LogP contribution in [-0.2, 0) is 5.54 Å². The van der Waals surface area contributed by atoms with E-state index in [0.717, 1.165) is 112 Å². The lowest BCUT2D eigenvalue weighted by molar-refractivity contribution is 0.00757. The van der Waals surface area contributed by atoms with Crippen molar-refractivity contribution in [2.45, 2.75) is 69.4 Å². The number of unbranched alkanes of at least 4 members (excludes halogenated alkanes) is 6. The second-order valence-electron chi connectivity index (χ2n) is 15.4. The quantitative estimate of drug-likeness (QED) is 0.0501. The van der Waals surface area contributed by atoms with Crippen LogP contribution in [0.5, 0.6) is 11.5 Å². The number of ether oxygens (including phenoxy) is 1. The monoisotopic (exact) mass is 746 g/mol. The second-order valence-corrected chi connectivity index (χ2v) is 15.4. The van der Waals surface area contributed by atoms with Gasteiger partial charge in [0.15, 0.2) is 0 Å². The number of aromatic hydroxyl groups is 1. The summed E-state index contributed by atoms with van der Waals surface area (Å²) >= 11 is 0. The van der Waals surface area contributed by atoms with E-state index < -0.39 is 17.7 Å². The van der Waals surface area contributed by atoms with Crippen molar-refractivity contribution in [2.24, 2.45) is 11.8 Å². The first kappa shape index (κ1) is 38.4. The lowest BCUT2D eigenvalue weighted by Crippen LogP contribution is -2.61. The van der Waals surface area contributed by atoms with Gasteiger partial charge in [0.25, 0.3) is 0 Å². The van der Waals surface area contributed by atoms with Gasteiger partial charge in [0.2, 0.25) is 5.56 Å². The fraction of sp³-hybridized carbons (Fsp3) is 0.422. The Morgan fingerprint density at radius 2 is 1.62 bits per heavy atom. The Morgan fingerprint density at radius 3 is 2.40 bits per heavy atom. The zero-order valence-corrected chi connectivity index (χ0v) is 31.5. The van der Waals surface area contributed by atoms with Crippen molar-refractivity contribution in [3.63, 3.8) is 0 Å². The summed E-state index contributed by atoms with van der Waals surface area (Å²) in [5, 5.41) is 40.6. The highest BCUT2D eigenvalue weighted by molar-refractivity contribution is 5.88. The number of carbonyl (C=O) groups is 1. The van der Waals surface area contributed by atoms with Crippen molar-refractivity contribution in [1.29, 1.82) is 0 Å². The van der Waals surface area contributed by atoms with Crippen LogP contribution in [0.4, 0.5) is 4.79 Å². The van der Waals surface area contributed by atoms with Crippen molar-refractivity contribution >= 4 is 27.8 Å². The van der Waals surface area contributed by atoms with E-state index in [1.54, 1.807) is 12.1 Å². The number of aliphatic hydroxyl groups excluding tert-OH is 1. The maximum Gasteiger partial charge on any atom is 0.405 e. The molecule has 3 saturated heterocycles. The van der Waals surface area contributed by atoms with Gasteiger partial charge in [0.05, 0.1) is 23.8 Å². The number of phenolic OH excluding ortho intramolecular Hbond substituents is 1.